The molecule has 2 unspecified atom stereocenters. The maximum absolute atomic E-state index is 10.9. The predicted molar refractivity (Wildman–Crippen MR) is 75.5 cm³/mol. The second-order valence-electron chi connectivity index (χ2n) is 5.26. The molecule has 5 nitrogen and oxygen atoms in total. The summed E-state index contributed by atoms with van der Waals surface area (Å²) in [5.74, 6) is 0.331. The van der Waals surface area contributed by atoms with Crippen molar-refractivity contribution in [1.82, 2.24) is 9.62 Å². The van der Waals surface area contributed by atoms with Gasteiger partial charge in [-0.3, -0.25) is 4.90 Å². The summed E-state index contributed by atoms with van der Waals surface area (Å²) in [5.41, 5.74) is 1.29. The Kier molecular flexibility index (Phi) is 4.57. The zero-order valence-electron chi connectivity index (χ0n) is 11.1. The molecule has 0 radical (unpaired) electrons. The number of likely N-dealkylation sites (tertiary alicyclic amines) is 1. The normalized spacial score (nSPS) is 24.7. The van der Waals surface area contributed by atoms with E-state index in [0.29, 0.717) is 18.5 Å². The summed E-state index contributed by atoms with van der Waals surface area (Å²) in [6.45, 7) is 4.42. The zero-order valence-corrected chi connectivity index (χ0v) is 11.9. The summed E-state index contributed by atoms with van der Waals surface area (Å²) < 4.78 is 24.2. The summed E-state index contributed by atoms with van der Waals surface area (Å²) in [6, 6.07) is 10.8. The molecule has 0 spiro atoms. The maximum atomic E-state index is 10.9. The number of nitrogens with one attached hydrogen (secondary N) is 1. The molecule has 0 aromatic heterocycles. The van der Waals surface area contributed by atoms with Crippen molar-refractivity contribution in [2.24, 2.45) is 11.1 Å². The van der Waals surface area contributed by atoms with E-state index in [1.165, 1.54) is 5.56 Å². The minimum atomic E-state index is -3.57. The molecule has 106 valence electrons. The Bertz CT molecular complexity index is 504. The van der Waals surface area contributed by atoms with Crippen LogP contribution >= 0.6 is 0 Å². The van der Waals surface area contributed by atoms with Crippen LogP contribution in [0.25, 0.3) is 0 Å². The first-order valence-corrected chi connectivity index (χ1v) is 8.04. The van der Waals surface area contributed by atoms with Crippen LogP contribution in [0.15, 0.2) is 30.3 Å². The standard InChI is InChI=1S/C13H21N3O2S/c1-11-7-13(8-15-19(14,17)18)10-16(11)9-12-5-3-2-4-6-12/h2-6,11,13,15H,7-10H2,1H3,(H2,14,17,18). The molecule has 0 bridgehead atoms. The Morgan fingerprint density at radius 3 is 2.68 bits per heavy atom. The van der Waals surface area contributed by atoms with E-state index in [1.54, 1.807) is 0 Å². The topological polar surface area (TPSA) is 75.4 Å². The van der Waals surface area contributed by atoms with E-state index >= 15 is 0 Å². The summed E-state index contributed by atoms with van der Waals surface area (Å²) >= 11 is 0. The van der Waals surface area contributed by atoms with Gasteiger partial charge < -0.3 is 0 Å². The lowest BCUT2D eigenvalue weighted by molar-refractivity contribution is 0.255. The minimum absolute atomic E-state index is 0.331. The molecule has 1 aliphatic rings. The van der Waals surface area contributed by atoms with Crippen molar-refractivity contribution in [3.05, 3.63) is 35.9 Å². The average molecular weight is 283 g/mol. The van der Waals surface area contributed by atoms with Gasteiger partial charge in [0, 0.05) is 25.7 Å². The fourth-order valence-electron chi connectivity index (χ4n) is 2.64. The SMILES string of the molecule is CC1CC(CNS(N)(=O)=O)CN1Cc1ccccc1. The van der Waals surface area contributed by atoms with Crippen LogP contribution in [0.3, 0.4) is 0 Å². The van der Waals surface area contributed by atoms with Crippen LogP contribution in [0.5, 0.6) is 0 Å². The first-order valence-electron chi connectivity index (χ1n) is 6.49. The maximum Gasteiger partial charge on any atom is 0.274 e. The molecule has 1 heterocycles. The van der Waals surface area contributed by atoms with Crippen molar-refractivity contribution >= 4 is 10.2 Å². The number of rotatable bonds is 5. The number of benzene rings is 1. The summed E-state index contributed by atoms with van der Waals surface area (Å²) in [5, 5.41) is 4.95. The lowest BCUT2D eigenvalue weighted by Gasteiger charge is -2.21. The molecule has 1 fully saturated rings. The highest BCUT2D eigenvalue weighted by Gasteiger charge is 2.29. The van der Waals surface area contributed by atoms with Gasteiger partial charge in [-0.15, -0.1) is 0 Å². The van der Waals surface area contributed by atoms with Gasteiger partial charge in [-0.25, -0.2) is 9.86 Å². The molecule has 2 atom stereocenters. The third-order valence-corrected chi connectivity index (χ3v) is 4.16. The lowest BCUT2D eigenvalue weighted by atomic mass is 10.1. The van der Waals surface area contributed by atoms with Crippen LogP contribution in [-0.2, 0) is 16.8 Å². The van der Waals surface area contributed by atoms with Gasteiger partial charge in [-0.05, 0) is 24.8 Å². The van der Waals surface area contributed by atoms with Crippen molar-refractivity contribution in [3.8, 4) is 0 Å². The highest BCUT2D eigenvalue weighted by molar-refractivity contribution is 7.87. The van der Waals surface area contributed by atoms with Crippen molar-refractivity contribution in [3.63, 3.8) is 0 Å². The van der Waals surface area contributed by atoms with Crippen molar-refractivity contribution in [1.29, 1.82) is 0 Å². The third kappa shape index (κ3) is 4.58. The van der Waals surface area contributed by atoms with E-state index in [4.69, 9.17) is 5.14 Å². The number of nitrogens with two attached hydrogens (primary N) is 1. The molecule has 0 amide bonds. The van der Waals surface area contributed by atoms with Crippen LogP contribution in [-0.4, -0.2) is 32.4 Å². The van der Waals surface area contributed by atoms with Crippen LogP contribution in [0.1, 0.15) is 18.9 Å². The van der Waals surface area contributed by atoms with Gasteiger partial charge in [0.25, 0.3) is 10.2 Å². The van der Waals surface area contributed by atoms with E-state index in [0.717, 1.165) is 19.5 Å². The molecule has 1 aromatic rings. The first kappa shape index (κ1) is 14.5. The van der Waals surface area contributed by atoms with E-state index in [9.17, 15) is 8.42 Å². The molecule has 1 saturated heterocycles. The largest absolute Gasteiger partial charge is 0.296 e. The summed E-state index contributed by atoms with van der Waals surface area (Å²) in [6.07, 6.45) is 0.995. The van der Waals surface area contributed by atoms with E-state index < -0.39 is 10.2 Å². The second-order valence-corrected chi connectivity index (χ2v) is 6.64. The molecule has 3 N–H and O–H groups in total. The van der Waals surface area contributed by atoms with E-state index in [2.05, 4.69) is 28.7 Å². The summed E-state index contributed by atoms with van der Waals surface area (Å²) in [7, 11) is -3.57. The lowest BCUT2D eigenvalue weighted by Crippen LogP contribution is -2.35. The Morgan fingerprint density at radius 1 is 1.37 bits per heavy atom. The highest BCUT2D eigenvalue weighted by Crippen LogP contribution is 2.24. The minimum Gasteiger partial charge on any atom is -0.296 e. The quantitative estimate of drug-likeness (QED) is 0.835. The Morgan fingerprint density at radius 2 is 2.05 bits per heavy atom. The number of nitrogens with zero attached hydrogens (tertiary/aromatic N) is 1. The van der Waals surface area contributed by atoms with Gasteiger partial charge in [-0.1, -0.05) is 30.3 Å². The van der Waals surface area contributed by atoms with Crippen LogP contribution in [0.4, 0.5) is 0 Å². The van der Waals surface area contributed by atoms with Crippen LogP contribution in [0, 0.1) is 5.92 Å². The van der Waals surface area contributed by atoms with Crippen molar-refractivity contribution < 1.29 is 8.42 Å². The number of hydrogen-bond acceptors (Lipinski definition) is 3. The van der Waals surface area contributed by atoms with Gasteiger partial charge in [0.15, 0.2) is 0 Å². The first-order chi connectivity index (χ1) is 8.94. The molecule has 1 aliphatic heterocycles. The summed E-state index contributed by atoms with van der Waals surface area (Å²) in [4.78, 5) is 2.38. The molecule has 2 rings (SSSR count). The average Bonchev–Trinajstić information content (AvgIpc) is 2.68. The van der Waals surface area contributed by atoms with Gasteiger partial charge >= 0.3 is 0 Å². The second kappa shape index (κ2) is 6.00. The van der Waals surface area contributed by atoms with Gasteiger partial charge in [0.1, 0.15) is 0 Å². The van der Waals surface area contributed by atoms with Gasteiger partial charge in [-0.2, -0.15) is 8.42 Å². The van der Waals surface area contributed by atoms with Crippen molar-refractivity contribution in [2.45, 2.75) is 25.9 Å². The fraction of sp³-hybridized carbons (Fsp3) is 0.538. The highest BCUT2D eigenvalue weighted by atomic mass is 32.2. The smallest absolute Gasteiger partial charge is 0.274 e. The monoisotopic (exact) mass is 283 g/mol. The van der Waals surface area contributed by atoms with Gasteiger partial charge in [0.2, 0.25) is 0 Å². The van der Waals surface area contributed by atoms with E-state index in [-0.39, 0.29) is 0 Å². The van der Waals surface area contributed by atoms with Crippen LogP contribution < -0.4 is 9.86 Å². The predicted octanol–water partition coefficient (Wildman–Crippen LogP) is 0.690. The van der Waals surface area contributed by atoms with E-state index in [1.807, 2.05) is 18.2 Å². The van der Waals surface area contributed by atoms with Crippen LogP contribution in [0.2, 0.25) is 0 Å². The molecular weight excluding hydrogens is 262 g/mol. The van der Waals surface area contributed by atoms with Crippen molar-refractivity contribution in [2.75, 3.05) is 13.1 Å². The molecule has 0 aliphatic carbocycles. The molecule has 1 aromatic carbocycles. The Balaban J connectivity index is 1.87. The third-order valence-electron chi connectivity index (χ3n) is 3.59. The molecular formula is C13H21N3O2S. The fourth-order valence-corrected chi connectivity index (χ4v) is 3.11. The Labute approximate surface area is 115 Å². The molecule has 6 heteroatoms. The number of hydrogen-bond donors (Lipinski definition) is 2. The zero-order chi connectivity index (χ0) is 13.9. The Hall–Kier alpha value is -0.950. The molecule has 19 heavy (non-hydrogen) atoms. The van der Waals surface area contributed by atoms with Gasteiger partial charge in [0.05, 0.1) is 0 Å². The molecule has 0 saturated carbocycles.